The summed E-state index contributed by atoms with van der Waals surface area (Å²) in [6.07, 6.45) is 0.975. The first kappa shape index (κ1) is 14.3. The zero-order valence-corrected chi connectivity index (χ0v) is 11.9. The Morgan fingerprint density at radius 2 is 2.15 bits per heavy atom. The lowest BCUT2D eigenvalue weighted by Crippen LogP contribution is -2.33. The summed E-state index contributed by atoms with van der Waals surface area (Å²) in [4.78, 5) is 24.8. The molecule has 1 heterocycles. The van der Waals surface area contributed by atoms with Gasteiger partial charge in [-0.05, 0) is 31.4 Å². The van der Waals surface area contributed by atoms with Crippen LogP contribution in [0.5, 0.6) is 0 Å². The molecule has 108 valence electrons. The van der Waals surface area contributed by atoms with Crippen molar-refractivity contribution in [3.05, 3.63) is 33.9 Å². The first-order valence-corrected chi connectivity index (χ1v) is 6.71. The van der Waals surface area contributed by atoms with Crippen molar-refractivity contribution in [1.29, 1.82) is 0 Å². The van der Waals surface area contributed by atoms with Crippen LogP contribution in [0.4, 0.5) is 11.4 Å². The minimum atomic E-state index is -0.474. The summed E-state index contributed by atoms with van der Waals surface area (Å²) in [6, 6.07) is 4.75. The fourth-order valence-electron chi connectivity index (χ4n) is 2.78. The quantitative estimate of drug-likeness (QED) is 0.680. The standard InChI is InChI=1S/C14H19N3O3/c1-9-6-10(2)16(8-9)14(18)11-4-5-12(15-3)13(7-11)17(19)20/h4-5,7,9-10,15H,6,8H2,1-3H3. The van der Waals surface area contributed by atoms with Crippen molar-refractivity contribution in [1.82, 2.24) is 4.90 Å². The van der Waals surface area contributed by atoms with E-state index in [1.807, 2.05) is 6.92 Å². The van der Waals surface area contributed by atoms with Crippen LogP contribution in [0, 0.1) is 16.0 Å². The lowest BCUT2D eigenvalue weighted by molar-refractivity contribution is -0.384. The Bertz CT molecular complexity index is 544. The molecule has 0 saturated carbocycles. The largest absolute Gasteiger partial charge is 0.383 e. The minimum absolute atomic E-state index is 0.0711. The Hall–Kier alpha value is -2.11. The van der Waals surface area contributed by atoms with E-state index in [2.05, 4.69) is 12.2 Å². The highest BCUT2D eigenvalue weighted by atomic mass is 16.6. The number of amides is 1. The Labute approximate surface area is 117 Å². The monoisotopic (exact) mass is 277 g/mol. The number of anilines is 1. The first-order valence-electron chi connectivity index (χ1n) is 6.71. The van der Waals surface area contributed by atoms with Gasteiger partial charge in [-0.2, -0.15) is 0 Å². The summed E-state index contributed by atoms with van der Waals surface area (Å²) in [6.45, 7) is 4.83. The summed E-state index contributed by atoms with van der Waals surface area (Å²) in [5.74, 6) is 0.341. The van der Waals surface area contributed by atoms with E-state index in [-0.39, 0.29) is 17.6 Å². The third-order valence-corrected chi connectivity index (χ3v) is 3.76. The van der Waals surface area contributed by atoms with Crippen LogP contribution < -0.4 is 5.32 Å². The molecule has 1 aromatic carbocycles. The number of benzene rings is 1. The number of carbonyl (C=O) groups excluding carboxylic acids is 1. The number of hydrogen-bond acceptors (Lipinski definition) is 4. The van der Waals surface area contributed by atoms with Gasteiger partial charge in [0, 0.05) is 31.3 Å². The molecule has 1 aliphatic rings. The van der Waals surface area contributed by atoms with Crippen LogP contribution in [0.1, 0.15) is 30.6 Å². The van der Waals surface area contributed by atoms with Crippen molar-refractivity contribution < 1.29 is 9.72 Å². The van der Waals surface area contributed by atoms with E-state index in [9.17, 15) is 14.9 Å². The lowest BCUT2D eigenvalue weighted by Gasteiger charge is -2.21. The van der Waals surface area contributed by atoms with Gasteiger partial charge in [0.15, 0.2) is 0 Å². The van der Waals surface area contributed by atoms with Gasteiger partial charge in [-0.15, -0.1) is 0 Å². The second-order valence-corrected chi connectivity index (χ2v) is 5.39. The van der Waals surface area contributed by atoms with Crippen molar-refractivity contribution in [2.75, 3.05) is 18.9 Å². The van der Waals surface area contributed by atoms with Crippen molar-refractivity contribution in [2.45, 2.75) is 26.3 Å². The van der Waals surface area contributed by atoms with Gasteiger partial charge in [0.25, 0.3) is 11.6 Å². The van der Waals surface area contributed by atoms with Crippen LogP contribution >= 0.6 is 0 Å². The highest BCUT2D eigenvalue weighted by Crippen LogP contribution is 2.28. The van der Waals surface area contributed by atoms with Gasteiger partial charge in [0.2, 0.25) is 0 Å². The number of carbonyl (C=O) groups is 1. The molecule has 0 aliphatic carbocycles. The summed E-state index contributed by atoms with van der Waals surface area (Å²) >= 11 is 0. The van der Waals surface area contributed by atoms with E-state index in [4.69, 9.17) is 0 Å². The molecule has 1 N–H and O–H groups in total. The average molecular weight is 277 g/mol. The van der Waals surface area contributed by atoms with Gasteiger partial charge in [-0.3, -0.25) is 14.9 Å². The number of nitro benzene ring substituents is 1. The van der Waals surface area contributed by atoms with Crippen LogP contribution in [0.2, 0.25) is 0 Å². The molecular formula is C14H19N3O3. The van der Waals surface area contributed by atoms with Gasteiger partial charge in [0.1, 0.15) is 5.69 Å². The predicted octanol–water partition coefficient (Wildman–Crippen LogP) is 2.51. The van der Waals surface area contributed by atoms with Gasteiger partial charge in [0.05, 0.1) is 4.92 Å². The van der Waals surface area contributed by atoms with Crippen LogP contribution in [0.25, 0.3) is 0 Å². The molecule has 2 unspecified atom stereocenters. The molecule has 0 bridgehead atoms. The zero-order valence-electron chi connectivity index (χ0n) is 11.9. The van der Waals surface area contributed by atoms with E-state index in [1.54, 1.807) is 24.1 Å². The first-order chi connectivity index (χ1) is 9.43. The number of rotatable bonds is 3. The Morgan fingerprint density at radius 1 is 1.45 bits per heavy atom. The molecule has 0 spiro atoms. The summed E-state index contributed by atoms with van der Waals surface area (Å²) in [7, 11) is 1.62. The second kappa shape index (κ2) is 5.48. The van der Waals surface area contributed by atoms with Gasteiger partial charge >= 0.3 is 0 Å². The fourth-order valence-corrected chi connectivity index (χ4v) is 2.78. The van der Waals surface area contributed by atoms with Gasteiger partial charge in [-0.1, -0.05) is 6.92 Å². The van der Waals surface area contributed by atoms with Crippen molar-refractivity contribution in [3.63, 3.8) is 0 Å². The molecule has 0 radical (unpaired) electrons. The third kappa shape index (κ3) is 2.59. The Kier molecular flexibility index (Phi) is 3.92. The molecule has 1 aliphatic heterocycles. The summed E-state index contributed by atoms with van der Waals surface area (Å²) in [5, 5.41) is 13.8. The molecule has 0 aromatic heterocycles. The molecule has 6 nitrogen and oxygen atoms in total. The van der Waals surface area contributed by atoms with E-state index in [0.717, 1.165) is 6.42 Å². The highest BCUT2D eigenvalue weighted by Gasteiger charge is 2.31. The second-order valence-electron chi connectivity index (χ2n) is 5.39. The molecule has 1 saturated heterocycles. The smallest absolute Gasteiger partial charge is 0.293 e. The average Bonchev–Trinajstić information content (AvgIpc) is 2.76. The van der Waals surface area contributed by atoms with Crippen molar-refractivity contribution in [3.8, 4) is 0 Å². The van der Waals surface area contributed by atoms with Crippen molar-refractivity contribution >= 4 is 17.3 Å². The maximum absolute atomic E-state index is 12.5. The SMILES string of the molecule is CNc1ccc(C(=O)N2CC(C)CC2C)cc1[N+](=O)[O-]. The fraction of sp³-hybridized carbons (Fsp3) is 0.500. The number of nitro groups is 1. The van der Waals surface area contributed by atoms with E-state index < -0.39 is 4.92 Å². The highest BCUT2D eigenvalue weighted by molar-refractivity contribution is 5.96. The summed E-state index contributed by atoms with van der Waals surface area (Å²) in [5.41, 5.74) is 0.712. The van der Waals surface area contributed by atoms with Crippen LogP contribution in [-0.4, -0.2) is 35.4 Å². The van der Waals surface area contributed by atoms with Crippen molar-refractivity contribution in [2.24, 2.45) is 5.92 Å². The number of nitrogens with zero attached hydrogens (tertiary/aromatic N) is 2. The molecule has 2 rings (SSSR count). The molecule has 2 atom stereocenters. The normalized spacial score (nSPS) is 21.9. The van der Waals surface area contributed by atoms with Crippen LogP contribution in [0.15, 0.2) is 18.2 Å². The molecular weight excluding hydrogens is 258 g/mol. The molecule has 1 aromatic rings. The molecule has 1 fully saturated rings. The molecule has 20 heavy (non-hydrogen) atoms. The molecule has 1 amide bonds. The zero-order chi connectivity index (χ0) is 14.9. The topological polar surface area (TPSA) is 75.5 Å². The minimum Gasteiger partial charge on any atom is -0.383 e. The molecule has 6 heteroatoms. The van der Waals surface area contributed by atoms with E-state index in [0.29, 0.717) is 23.7 Å². The van der Waals surface area contributed by atoms with Gasteiger partial charge < -0.3 is 10.2 Å². The maximum Gasteiger partial charge on any atom is 0.293 e. The predicted molar refractivity (Wildman–Crippen MR) is 76.9 cm³/mol. The third-order valence-electron chi connectivity index (χ3n) is 3.76. The van der Waals surface area contributed by atoms with E-state index in [1.165, 1.54) is 6.07 Å². The number of hydrogen-bond donors (Lipinski definition) is 1. The van der Waals surface area contributed by atoms with Crippen LogP contribution in [-0.2, 0) is 0 Å². The summed E-state index contributed by atoms with van der Waals surface area (Å²) < 4.78 is 0. The van der Waals surface area contributed by atoms with E-state index >= 15 is 0 Å². The Balaban J connectivity index is 2.31. The Morgan fingerprint density at radius 3 is 2.65 bits per heavy atom. The number of likely N-dealkylation sites (tertiary alicyclic amines) is 1. The lowest BCUT2D eigenvalue weighted by atomic mass is 10.1. The number of nitrogens with one attached hydrogen (secondary N) is 1. The van der Waals surface area contributed by atoms with Gasteiger partial charge in [-0.25, -0.2) is 0 Å². The maximum atomic E-state index is 12.5. The van der Waals surface area contributed by atoms with Crippen LogP contribution in [0.3, 0.4) is 0 Å².